The van der Waals surface area contributed by atoms with Crippen LogP contribution in [0.15, 0.2) is 57.9 Å². The van der Waals surface area contributed by atoms with Crippen LogP contribution in [0.25, 0.3) is 11.5 Å². The highest BCUT2D eigenvalue weighted by molar-refractivity contribution is 7.89. The zero-order valence-corrected chi connectivity index (χ0v) is 17.4. The van der Waals surface area contributed by atoms with Gasteiger partial charge in [0.2, 0.25) is 10.0 Å². The average molecular weight is 413 g/mol. The first-order chi connectivity index (χ1) is 13.9. The number of aromatic nitrogens is 2. The smallest absolute Gasteiger partial charge is 0.257 e. The van der Waals surface area contributed by atoms with Gasteiger partial charge in [0.1, 0.15) is 0 Å². The van der Waals surface area contributed by atoms with Gasteiger partial charge in [-0.1, -0.05) is 29.4 Å². The maximum atomic E-state index is 12.9. The maximum absolute atomic E-state index is 12.9. The number of rotatable bonds is 5. The van der Waals surface area contributed by atoms with Gasteiger partial charge in [-0.15, -0.1) is 0 Å². The Labute approximate surface area is 171 Å². The topological polar surface area (TPSA) is 79.5 Å². The van der Waals surface area contributed by atoms with Crippen molar-refractivity contribution in [2.24, 2.45) is 0 Å². The SMILES string of the molecule is Cc1ccc(S(=O)(=O)N2CCN(Cc3noc(-c4ccccc4)n3)CC2)cc1C. The molecule has 0 N–H and O–H groups in total. The van der Waals surface area contributed by atoms with E-state index in [1.807, 2.05) is 50.2 Å². The minimum Gasteiger partial charge on any atom is -0.334 e. The van der Waals surface area contributed by atoms with Gasteiger partial charge in [-0.3, -0.25) is 4.90 Å². The number of aryl methyl sites for hydroxylation is 2. The van der Waals surface area contributed by atoms with Crippen molar-refractivity contribution in [3.8, 4) is 11.5 Å². The van der Waals surface area contributed by atoms with Crippen molar-refractivity contribution in [1.82, 2.24) is 19.3 Å². The van der Waals surface area contributed by atoms with Crippen molar-refractivity contribution in [1.29, 1.82) is 0 Å². The molecule has 7 nitrogen and oxygen atoms in total. The summed E-state index contributed by atoms with van der Waals surface area (Å²) in [5.41, 5.74) is 2.95. The van der Waals surface area contributed by atoms with E-state index >= 15 is 0 Å². The van der Waals surface area contributed by atoms with Crippen LogP contribution < -0.4 is 0 Å². The molecule has 8 heteroatoms. The normalized spacial score (nSPS) is 16.2. The van der Waals surface area contributed by atoms with Gasteiger partial charge in [-0.05, 0) is 49.2 Å². The molecule has 1 saturated heterocycles. The molecule has 4 rings (SSSR count). The molecule has 2 heterocycles. The average Bonchev–Trinajstić information content (AvgIpc) is 3.19. The van der Waals surface area contributed by atoms with Crippen molar-refractivity contribution >= 4 is 10.0 Å². The summed E-state index contributed by atoms with van der Waals surface area (Å²) in [4.78, 5) is 6.96. The van der Waals surface area contributed by atoms with Gasteiger partial charge in [0, 0.05) is 31.7 Å². The van der Waals surface area contributed by atoms with Crippen LogP contribution in [-0.2, 0) is 16.6 Å². The Kier molecular flexibility index (Phi) is 5.49. The lowest BCUT2D eigenvalue weighted by molar-refractivity contribution is 0.176. The third-order valence-electron chi connectivity index (χ3n) is 5.30. The summed E-state index contributed by atoms with van der Waals surface area (Å²) in [7, 11) is -3.47. The van der Waals surface area contributed by atoms with Crippen LogP contribution in [0.4, 0.5) is 0 Å². The molecule has 0 aliphatic carbocycles. The quantitative estimate of drug-likeness (QED) is 0.641. The zero-order chi connectivity index (χ0) is 20.4. The van der Waals surface area contributed by atoms with Gasteiger partial charge in [0.25, 0.3) is 5.89 Å². The Hall–Kier alpha value is -2.55. The molecular formula is C21H24N4O3S. The highest BCUT2D eigenvalue weighted by atomic mass is 32.2. The summed E-state index contributed by atoms with van der Waals surface area (Å²) in [5.74, 6) is 1.10. The molecule has 3 aromatic rings. The van der Waals surface area contributed by atoms with Crippen molar-refractivity contribution in [2.45, 2.75) is 25.3 Å². The van der Waals surface area contributed by atoms with Crippen LogP contribution in [-0.4, -0.2) is 53.9 Å². The molecule has 0 unspecified atom stereocenters. The predicted molar refractivity (Wildman–Crippen MR) is 110 cm³/mol. The summed E-state index contributed by atoms with van der Waals surface area (Å²) >= 11 is 0. The maximum Gasteiger partial charge on any atom is 0.257 e. The summed E-state index contributed by atoms with van der Waals surface area (Å²) in [6.45, 7) is 6.58. The molecule has 0 atom stereocenters. The summed E-state index contributed by atoms with van der Waals surface area (Å²) in [6.07, 6.45) is 0. The van der Waals surface area contributed by atoms with Crippen LogP contribution in [0.1, 0.15) is 17.0 Å². The Bertz CT molecular complexity index is 1090. The van der Waals surface area contributed by atoms with E-state index in [2.05, 4.69) is 15.0 Å². The molecule has 29 heavy (non-hydrogen) atoms. The second kappa shape index (κ2) is 8.06. The van der Waals surface area contributed by atoms with Gasteiger partial charge >= 0.3 is 0 Å². The first-order valence-electron chi connectivity index (χ1n) is 9.61. The van der Waals surface area contributed by atoms with Gasteiger partial charge < -0.3 is 4.52 Å². The lowest BCUT2D eigenvalue weighted by Crippen LogP contribution is -2.48. The minimum absolute atomic E-state index is 0.361. The van der Waals surface area contributed by atoms with Crippen LogP contribution in [0.3, 0.4) is 0 Å². The zero-order valence-electron chi connectivity index (χ0n) is 16.6. The van der Waals surface area contributed by atoms with Crippen molar-refractivity contribution in [3.63, 3.8) is 0 Å². The molecule has 152 valence electrons. The van der Waals surface area contributed by atoms with E-state index < -0.39 is 10.0 Å². The highest BCUT2D eigenvalue weighted by Gasteiger charge is 2.29. The summed E-state index contributed by atoms with van der Waals surface area (Å²) in [5, 5.41) is 4.06. The fourth-order valence-electron chi connectivity index (χ4n) is 3.37. The Morgan fingerprint density at radius 2 is 1.69 bits per heavy atom. The fraction of sp³-hybridized carbons (Fsp3) is 0.333. The number of hydrogen-bond acceptors (Lipinski definition) is 6. The van der Waals surface area contributed by atoms with E-state index in [4.69, 9.17) is 4.52 Å². The van der Waals surface area contributed by atoms with Crippen LogP contribution in [0.2, 0.25) is 0 Å². The molecule has 0 spiro atoms. The molecule has 0 amide bonds. The highest BCUT2D eigenvalue weighted by Crippen LogP contribution is 2.21. The first-order valence-corrected chi connectivity index (χ1v) is 11.1. The van der Waals surface area contributed by atoms with Crippen molar-refractivity contribution in [3.05, 3.63) is 65.5 Å². The second-order valence-electron chi connectivity index (χ2n) is 7.31. The molecule has 1 aliphatic rings. The molecule has 0 bridgehead atoms. The van der Waals surface area contributed by atoms with Gasteiger partial charge in [-0.25, -0.2) is 8.42 Å². The van der Waals surface area contributed by atoms with E-state index in [0.29, 0.717) is 49.3 Å². The number of hydrogen-bond donors (Lipinski definition) is 0. The molecule has 2 aromatic carbocycles. The third kappa shape index (κ3) is 4.24. The van der Waals surface area contributed by atoms with E-state index in [1.165, 1.54) is 0 Å². The lowest BCUT2D eigenvalue weighted by Gasteiger charge is -2.33. The first kappa shape index (κ1) is 19.8. The number of benzene rings is 2. The van der Waals surface area contributed by atoms with E-state index in [0.717, 1.165) is 16.7 Å². The molecule has 1 aromatic heterocycles. The fourth-order valence-corrected chi connectivity index (χ4v) is 4.88. The van der Waals surface area contributed by atoms with Gasteiger partial charge in [0.15, 0.2) is 5.82 Å². The van der Waals surface area contributed by atoms with E-state index in [9.17, 15) is 8.42 Å². The van der Waals surface area contributed by atoms with Gasteiger partial charge in [-0.2, -0.15) is 9.29 Å². The van der Waals surface area contributed by atoms with Gasteiger partial charge in [0.05, 0.1) is 11.4 Å². The lowest BCUT2D eigenvalue weighted by atomic mass is 10.1. The molecule has 0 radical (unpaired) electrons. The molecular weight excluding hydrogens is 388 g/mol. The number of sulfonamides is 1. The monoisotopic (exact) mass is 412 g/mol. The standard InChI is InChI=1S/C21H24N4O3S/c1-16-8-9-19(14-17(16)2)29(26,27)25-12-10-24(11-13-25)15-20-22-21(28-23-20)18-6-4-3-5-7-18/h3-9,14H,10-13,15H2,1-2H3. The Morgan fingerprint density at radius 1 is 0.966 bits per heavy atom. The Morgan fingerprint density at radius 3 is 2.38 bits per heavy atom. The minimum atomic E-state index is -3.47. The van der Waals surface area contributed by atoms with Crippen molar-refractivity contribution in [2.75, 3.05) is 26.2 Å². The summed E-state index contributed by atoms with van der Waals surface area (Å²) < 4.78 is 32.8. The van der Waals surface area contributed by atoms with Crippen LogP contribution >= 0.6 is 0 Å². The van der Waals surface area contributed by atoms with Crippen LogP contribution in [0, 0.1) is 13.8 Å². The third-order valence-corrected chi connectivity index (χ3v) is 7.20. The predicted octanol–water partition coefficient (Wildman–Crippen LogP) is 2.86. The van der Waals surface area contributed by atoms with Crippen LogP contribution in [0.5, 0.6) is 0 Å². The summed E-state index contributed by atoms with van der Waals surface area (Å²) in [6, 6.07) is 14.9. The molecule has 1 aliphatic heterocycles. The van der Waals surface area contributed by atoms with E-state index in [1.54, 1.807) is 16.4 Å². The molecule has 0 saturated carbocycles. The second-order valence-corrected chi connectivity index (χ2v) is 9.25. The van der Waals surface area contributed by atoms with E-state index in [-0.39, 0.29) is 0 Å². The Balaban J connectivity index is 1.38. The van der Waals surface area contributed by atoms with Crippen molar-refractivity contribution < 1.29 is 12.9 Å². The molecule has 1 fully saturated rings. The number of nitrogens with zero attached hydrogens (tertiary/aromatic N) is 4. The largest absolute Gasteiger partial charge is 0.334 e. The number of piperazine rings is 1.